The van der Waals surface area contributed by atoms with Crippen LogP contribution in [0.5, 0.6) is 0 Å². The molecule has 1 aromatic carbocycles. The molecule has 4 heteroatoms. The summed E-state index contributed by atoms with van der Waals surface area (Å²) in [5.41, 5.74) is 0.661. The lowest BCUT2D eigenvalue weighted by molar-refractivity contribution is 0.0953. The van der Waals surface area contributed by atoms with Gasteiger partial charge in [0, 0.05) is 16.6 Å². The quantitative estimate of drug-likeness (QED) is 0.850. The maximum atomic E-state index is 11.8. The number of carbonyl (C=O) groups excluding carboxylic acids is 1. The number of amides is 1. The third kappa shape index (κ3) is 3.22. The lowest BCUT2D eigenvalue weighted by Crippen LogP contribution is -2.30. The number of benzene rings is 1. The second kappa shape index (κ2) is 5.19. The van der Waals surface area contributed by atoms with Crippen LogP contribution in [0.2, 0.25) is 0 Å². The van der Waals surface area contributed by atoms with Gasteiger partial charge in [-0.05, 0) is 37.0 Å². The normalized spacial score (nSPS) is 16.9. The summed E-state index contributed by atoms with van der Waals surface area (Å²) < 4.78 is 0.907. The largest absolute Gasteiger partial charge is 0.351 e. The van der Waals surface area contributed by atoms with E-state index < -0.39 is 0 Å². The Morgan fingerprint density at radius 2 is 2.31 bits per heavy atom. The molecule has 1 atom stereocenters. The van der Waals surface area contributed by atoms with E-state index >= 15 is 0 Å². The molecule has 0 heterocycles. The molecule has 0 aliphatic heterocycles. The molecule has 1 fully saturated rings. The Balaban J connectivity index is 1.87. The highest BCUT2D eigenvalue weighted by Crippen LogP contribution is 2.35. The molecule has 16 heavy (non-hydrogen) atoms. The van der Waals surface area contributed by atoms with Gasteiger partial charge < -0.3 is 5.32 Å². The summed E-state index contributed by atoms with van der Waals surface area (Å²) in [5.74, 6) is 0.539. The molecule has 2 rings (SSSR count). The molecule has 0 saturated heterocycles. The van der Waals surface area contributed by atoms with Crippen molar-refractivity contribution in [3.05, 3.63) is 34.3 Å². The van der Waals surface area contributed by atoms with Crippen molar-refractivity contribution in [3.63, 3.8) is 0 Å². The summed E-state index contributed by atoms with van der Waals surface area (Å²) in [6.45, 7) is 0.553. The fourth-order valence-electron chi connectivity index (χ4n) is 1.55. The van der Waals surface area contributed by atoms with Crippen LogP contribution in [0.25, 0.3) is 0 Å². The van der Waals surface area contributed by atoms with Gasteiger partial charge in [0.15, 0.2) is 0 Å². The predicted molar refractivity (Wildman–Crippen MR) is 68.8 cm³/mol. The van der Waals surface area contributed by atoms with Crippen molar-refractivity contribution >= 4 is 33.4 Å². The smallest absolute Gasteiger partial charge is 0.251 e. The Hall–Kier alpha value is -0.540. The van der Waals surface area contributed by atoms with Crippen LogP contribution in [0, 0.1) is 5.92 Å². The molecule has 86 valence electrons. The van der Waals surface area contributed by atoms with E-state index in [1.165, 1.54) is 12.8 Å². The maximum absolute atomic E-state index is 11.8. The standard InChI is InChI=1S/C12H13BrClNO/c13-10-3-1-2-9(6-10)12(16)15-7-11(14)8-4-5-8/h1-3,6,8,11H,4-5,7H2,(H,15,16). The predicted octanol–water partition coefficient (Wildman–Crippen LogP) is 3.20. The van der Waals surface area contributed by atoms with E-state index in [1.807, 2.05) is 12.1 Å². The Morgan fingerprint density at radius 3 is 2.94 bits per heavy atom. The van der Waals surface area contributed by atoms with Gasteiger partial charge in [0.1, 0.15) is 0 Å². The molecular formula is C12H13BrClNO. The van der Waals surface area contributed by atoms with Crippen molar-refractivity contribution in [1.82, 2.24) is 5.32 Å². The van der Waals surface area contributed by atoms with Gasteiger partial charge in [-0.25, -0.2) is 0 Å². The molecule has 1 aliphatic rings. The molecule has 1 N–H and O–H groups in total. The topological polar surface area (TPSA) is 29.1 Å². The fraction of sp³-hybridized carbons (Fsp3) is 0.417. The van der Waals surface area contributed by atoms with Crippen LogP contribution in [-0.2, 0) is 0 Å². The van der Waals surface area contributed by atoms with Gasteiger partial charge in [-0.3, -0.25) is 4.79 Å². The highest BCUT2D eigenvalue weighted by Gasteiger charge is 2.29. The first-order valence-corrected chi connectivity index (χ1v) is 6.57. The van der Waals surface area contributed by atoms with Crippen LogP contribution in [0.15, 0.2) is 28.7 Å². The molecular weight excluding hydrogens is 289 g/mol. The fourth-order valence-corrected chi connectivity index (χ4v) is 2.27. The van der Waals surface area contributed by atoms with Crippen LogP contribution in [0.4, 0.5) is 0 Å². The minimum Gasteiger partial charge on any atom is -0.351 e. The van der Waals surface area contributed by atoms with Gasteiger partial charge in [-0.2, -0.15) is 0 Å². The Morgan fingerprint density at radius 1 is 1.56 bits per heavy atom. The summed E-state index contributed by atoms with van der Waals surface area (Å²) >= 11 is 9.45. The highest BCUT2D eigenvalue weighted by molar-refractivity contribution is 9.10. The maximum Gasteiger partial charge on any atom is 0.251 e. The number of hydrogen-bond acceptors (Lipinski definition) is 1. The van der Waals surface area contributed by atoms with E-state index in [9.17, 15) is 4.79 Å². The number of nitrogens with one attached hydrogen (secondary N) is 1. The first kappa shape index (κ1) is 11.9. The van der Waals surface area contributed by atoms with Gasteiger partial charge in [0.05, 0.1) is 5.38 Å². The molecule has 1 amide bonds. The van der Waals surface area contributed by atoms with Crippen LogP contribution in [-0.4, -0.2) is 17.8 Å². The molecule has 2 nitrogen and oxygen atoms in total. The van der Waals surface area contributed by atoms with E-state index in [4.69, 9.17) is 11.6 Å². The number of hydrogen-bond donors (Lipinski definition) is 1. The molecule has 1 aliphatic carbocycles. The molecule has 0 radical (unpaired) electrons. The second-order valence-corrected chi connectivity index (χ2v) is 5.55. The Bertz CT molecular complexity index is 392. The van der Waals surface area contributed by atoms with Gasteiger partial charge >= 0.3 is 0 Å². The van der Waals surface area contributed by atoms with E-state index in [-0.39, 0.29) is 11.3 Å². The minimum absolute atomic E-state index is 0.0624. The van der Waals surface area contributed by atoms with Crippen LogP contribution >= 0.6 is 27.5 Å². The SMILES string of the molecule is O=C(NCC(Cl)C1CC1)c1cccc(Br)c1. The van der Waals surface area contributed by atoms with Gasteiger partial charge in [0.25, 0.3) is 5.91 Å². The molecule has 1 aromatic rings. The van der Waals surface area contributed by atoms with Gasteiger partial charge in [0.2, 0.25) is 0 Å². The second-order valence-electron chi connectivity index (χ2n) is 4.07. The Kier molecular flexibility index (Phi) is 3.87. The zero-order valence-corrected chi connectivity index (χ0v) is 11.1. The van der Waals surface area contributed by atoms with Crippen LogP contribution < -0.4 is 5.32 Å². The lowest BCUT2D eigenvalue weighted by atomic mass is 10.2. The van der Waals surface area contributed by atoms with E-state index in [2.05, 4.69) is 21.2 Å². The minimum atomic E-state index is -0.0624. The highest BCUT2D eigenvalue weighted by atomic mass is 79.9. The zero-order chi connectivity index (χ0) is 11.5. The summed E-state index contributed by atoms with van der Waals surface area (Å²) in [6, 6.07) is 7.33. The van der Waals surface area contributed by atoms with Gasteiger partial charge in [-0.15, -0.1) is 11.6 Å². The monoisotopic (exact) mass is 301 g/mol. The first-order chi connectivity index (χ1) is 7.66. The van der Waals surface area contributed by atoms with Crippen molar-refractivity contribution in [3.8, 4) is 0 Å². The van der Waals surface area contributed by atoms with Crippen molar-refractivity contribution in [2.45, 2.75) is 18.2 Å². The van der Waals surface area contributed by atoms with Crippen LogP contribution in [0.3, 0.4) is 0 Å². The molecule has 0 bridgehead atoms. The molecule has 1 unspecified atom stereocenters. The summed E-state index contributed by atoms with van der Waals surface area (Å²) in [6.07, 6.45) is 2.39. The number of halogens is 2. The van der Waals surface area contributed by atoms with Crippen molar-refractivity contribution in [2.24, 2.45) is 5.92 Å². The molecule has 1 saturated carbocycles. The van der Waals surface area contributed by atoms with E-state index in [0.717, 1.165) is 4.47 Å². The first-order valence-electron chi connectivity index (χ1n) is 5.34. The summed E-state index contributed by atoms with van der Waals surface area (Å²) in [5, 5.41) is 2.94. The Labute approximate surface area is 108 Å². The number of carbonyl (C=O) groups is 1. The number of rotatable bonds is 4. The lowest BCUT2D eigenvalue weighted by Gasteiger charge is -2.09. The van der Waals surface area contributed by atoms with E-state index in [0.29, 0.717) is 18.0 Å². The average Bonchev–Trinajstić information content (AvgIpc) is 3.09. The molecule has 0 spiro atoms. The van der Waals surface area contributed by atoms with Crippen molar-refractivity contribution in [2.75, 3.05) is 6.54 Å². The summed E-state index contributed by atoms with van der Waals surface area (Å²) in [4.78, 5) is 11.8. The van der Waals surface area contributed by atoms with Crippen molar-refractivity contribution < 1.29 is 4.79 Å². The summed E-state index contributed by atoms with van der Waals surface area (Å²) in [7, 11) is 0. The van der Waals surface area contributed by atoms with Crippen molar-refractivity contribution in [1.29, 1.82) is 0 Å². The number of alkyl halides is 1. The van der Waals surface area contributed by atoms with Crippen LogP contribution in [0.1, 0.15) is 23.2 Å². The average molecular weight is 303 g/mol. The molecule has 0 aromatic heterocycles. The third-order valence-electron chi connectivity index (χ3n) is 2.68. The van der Waals surface area contributed by atoms with E-state index in [1.54, 1.807) is 12.1 Å². The van der Waals surface area contributed by atoms with Gasteiger partial charge in [-0.1, -0.05) is 22.0 Å². The zero-order valence-electron chi connectivity index (χ0n) is 8.75. The third-order valence-corrected chi connectivity index (χ3v) is 3.68.